The van der Waals surface area contributed by atoms with E-state index in [-0.39, 0.29) is 11.8 Å². The Balaban J connectivity index is 1.59. The third kappa shape index (κ3) is 5.18. The van der Waals surface area contributed by atoms with Gasteiger partial charge in [-0.25, -0.2) is 4.68 Å². The Bertz CT molecular complexity index is 954. The second-order valence-electron chi connectivity index (χ2n) is 6.05. The van der Waals surface area contributed by atoms with E-state index >= 15 is 0 Å². The molecular formula is C20H19ClN4O2. The number of anilines is 2. The van der Waals surface area contributed by atoms with Crippen molar-refractivity contribution in [3.8, 4) is 5.69 Å². The van der Waals surface area contributed by atoms with Crippen molar-refractivity contribution >= 4 is 34.8 Å². The number of aryl methyl sites for hydroxylation is 1. The van der Waals surface area contributed by atoms with Crippen molar-refractivity contribution in [2.75, 3.05) is 10.6 Å². The first-order chi connectivity index (χ1) is 13.0. The number of amides is 2. The first-order valence-corrected chi connectivity index (χ1v) is 8.85. The molecule has 0 aliphatic carbocycles. The van der Waals surface area contributed by atoms with Gasteiger partial charge in [0.2, 0.25) is 11.8 Å². The topological polar surface area (TPSA) is 76.0 Å². The first-order valence-electron chi connectivity index (χ1n) is 8.47. The minimum atomic E-state index is -0.190. The normalized spacial score (nSPS) is 10.4. The van der Waals surface area contributed by atoms with Crippen LogP contribution in [0.4, 0.5) is 11.4 Å². The molecule has 0 aliphatic heterocycles. The van der Waals surface area contributed by atoms with Crippen LogP contribution in [-0.2, 0) is 16.0 Å². The van der Waals surface area contributed by atoms with Crippen molar-refractivity contribution in [1.29, 1.82) is 0 Å². The molecule has 0 radical (unpaired) electrons. The summed E-state index contributed by atoms with van der Waals surface area (Å²) in [5.74, 6) is -0.352. The van der Waals surface area contributed by atoms with Gasteiger partial charge in [0.25, 0.3) is 0 Å². The van der Waals surface area contributed by atoms with Gasteiger partial charge < -0.3 is 10.6 Å². The number of rotatable bonds is 6. The number of carbonyl (C=O) groups excluding carboxylic acids is 2. The summed E-state index contributed by atoms with van der Waals surface area (Å²) in [6.45, 7) is 1.42. The van der Waals surface area contributed by atoms with E-state index in [1.807, 2.05) is 36.5 Å². The zero-order valence-corrected chi connectivity index (χ0v) is 15.5. The number of benzene rings is 2. The van der Waals surface area contributed by atoms with Gasteiger partial charge in [-0.1, -0.05) is 29.8 Å². The molecule has 3 aromatic rings. The number of halogens is 1. The fourth-order valence-corrected chi connectivity index (χ4v) is 2.75. The molecule has 2 amide bonds. The second-order valence-corrected chi connectivity index (χ2v) is 6.46. The highest BCUT2D eigenvalue weighted by Gasteiger charge is 2.09. The SMILES string of the molecule is CC(=O)Nc1ccc(Cl)c(NC(=O)CCc2cnn(-c3ccccc3)c2)c1. The van der Waals surface area contributed by atoms with Crippen LogP contribution in [0.1, 0.15) is 18.9 Å². The van der Waals surface area contributed by atoms with Crippen LogP contribution >= 0.6 is 11.6 Å². The quantitative estimate of drug-likeness (QED) is 0.675. The number of hydrogen-bond donors (Lipinski definition) is 2. The molecule has 0 saturated heterocycles. The molecule has 0 aliphatic rings. The molecule has 6 nitrogen and oxygen atoms in total. The standard InChI is InChI=1S/C20H19ClN4O2/c1-14(26)23-16-8-9-18(21)19(11-16)24-20(27)10-7-15-12-22-25(13-15)17-5-3-2-4-6-17/h2-6,8-9,11-13H,7,10H2,1H3,(H,23,26)(H,24,27). The van der Waals surface area contributed by atoms with Crippen molar-refractivity contribution in [1.82, 2.24) is 9.78 Å². The van der Waals surface area contributed by atoms with Crippen LogP contribution in [0.2, 0.25) is 5.02 Å². The summed E-state index contributed by atoms with van der Waals surface area (Å²) in [4.78, 5) is 23.4. The van der Waals surface area contributed by atoms with Crippen LogP contribution in [0.15, 0.2) is 60.9 Å². The van der Waals surface area contributed by atoms with E-state index in [2.05, 4.69) is 15.7 Å². The molecule has 0 spiro atoms. The average Bonchev–Trinajstić information content (AvgIpc) is 3.12. The van der Waals surface area contributed by atoms with Gasteiger partial charge in [-0.3, -0.25) is 9.59 Å². The van der Waals surface area contributed by atoms with E-state index in [1.165, 1.54) is 6.92 Å². The number of hydrogen-bond acceptors (Lipinski definition) is 3. The maximum atomic E-state index is 12.3. The van der Waals surface area contributed by atoms with E-state index in [4.69, 9.17) is 11.6 Å². The van der Waals surface area contributed by atoms with Crippen LogP contribution in [0.25, 0.3) is 5.69 Å². The molecule has 1 aromatic heterocycles. The fourth-order valence-electron chi connectivity index (χ4n) is 2.58. The first kappa shape index (κ1) is 18.7. The van der Waals surface area contributed by atoms with E-state index < -0.39 is 0 Å². The number of aromatic nitrogens is 2. The van der Waals surface area contributed by atoms with Crippen LogP contribution in [0.5, 0.6) is 0 Å². The molecule has 0 bridgehead atoms. The van der Waals surface area contributed by atoms with E-state index in [9.17, 15) is 9.59 Å². The number of para-hydroxylation sites is 1. The van der Waals surface area contributed by atoms with Crippen LogP contribution in [0, 0.1) is 0 Å². The van der Waals surface area contributed by atoms with E-state index in [1.54, 1.807) is 29.1 Å². The van der Waals surface area contributed by atoms with Gasteiger partial charge in [-0.15, -0.1) is 0 Å². The molecular weight excluding hydrogens is 364 g/mol. The molecule has 27 heavy (non-hydrogen) atoms. The molecule has 0 unspecified atom stereocenters. The lowest BCUT2D eigenvalue weighted by molar-refractivity contribution is -0.116. The highest BCUT2D eigenvalue weighted by atomic mass is 35.5. The third-order valence-corrected chi connectivity index (χ3v) is 4.19. The van der Waals surface area contributed by atoms with Crippen molar-refractivity contribution in [2.45, 2.75) is 19.8 Å². The van der Waals surface area contributed by atoms with Gasteiger partial charge in [0, 0.05) is 25.2 Å². The van der Waals surface area contributed by atoms with Crippen LogP contribution in [-0.4, -0.2) is 21.6 Å². The Morgan fingerprint density at radius 3 is 2.63 bits per heavy atom. The number of nitrogens with one attached hydrogen (secondary N) is 2. The minimum absolute atomic E-state index is 0.163. The fraction of sp³-hybridized carbons (Fsp3) is 0.150. The highest BCUT2D eigenvalue weighted by Crippen LogP contribution is 2.25. The highest BCUT2D eigenvalue weighted by molar-refractivity contribution is 6.33. The summed E-state index contributed by atoms with van der Waals surface area (Å²) >= 11 is 6.12. The Labute approximate surface area is 162 Å². The summed E-state index contributed by atoms with van der Waals surface area (Å²) in [6, 6.07) is 14.7. The third-order valence-electron chi connectivity index (χ3n) is 3.86. The average molecular weight is 383 g/mol. The van der Waals surface area contributed by atoms with Gasteiger partial charge in [0.15, 0.2) is 0 Å². The van der Waals surface area contributed by atoms with Crippen LogP contribution < -0.4 is 10.6 Å². The molecule has 0 fully saturated rings. The van der Waals surface area contributed by atoms with Crippen molar-refractivity contribution < 1.29 is 9.59 Å². The maximum Gasteiger partial charge on any atom is 0.224 e. The minimum Gasteiger partial charge on any atom is -0.326 e. The summed E-state index contributed by atoms with van der Waals surface area (Å²) < 4.78 is 1.78. The predicted octanol–water partition coefficient (Wildman–Crippen LogP) is 4.06. The predicted molar refractivity (Wildman–Crippen MR) is 106 cm³/mol. The molecule has 1 heterocycles. The summed E-state index contributed by atoms with van der Waals surface area (Å²) in [5.41, 5.74) is 2.97. The van der Waals surface area contributed by atoms with Gasteiger partial charge in [-0.2, -0.15) is 5.10 Å². The van der Waals surface area contributed by atoms with Gasteiger partial charge in [0.1, 0.15) is 0 Å². The number of carbonyl (C=O) groups is 2. The van der Waals surface area contributed by atoms with Crippen molar-refractivity contribution in [3.05, 3.63) is 71.5 Å². The van der Waals surface area contributed by atoms with Gasteiger partial charge in [0.05, 0.1) is 22.6 Å². The monoisotopic (exact) mass is 382 g/mol. The zero-order valence-electron chi connectivity index (χ0n) is 14.8. The van der Waals surface area contributed by atoms with Crippen molar-refractivity contribution in [3.63, 3.8) is 0 Å². The summed E-state index contributed by atoms with van der Waals surface area (Å²) in [6.07, 6.45) is 4.51. The zero-order chi connectivity index (χ0) is 19.2. The lowest BCUT2D eigenvalue weighted by Crippen LogP contribution is -2.13. The van der Waals surface area contributed by atoms with Gasteiger partial charge >= 0.3 is 0 Å². The molecule has 7 heteroatoms. The van der Waals surface area contributed by atoms with E-state index in [0.717, 1.165) is 11.3 Å². The Kier molecular flexibility index (Phi) is 5.88. The molecule has 2 aromatic carbocycles. The maximum absolute atomic E-state index is 12.3. The molecule has 0 saturated carbocycles. The van der Waals surface area contributed by atoms with E-state index in [0.29, 0.717) is 29.2 Å². The van der Waals surface area contributed by atoms with Gasteiger partial charge in [-0.05, 0) is 42.3 Å². The molecule has 138 valence electrons. The molecule has 3 rings (SSSR count). The van der Waals surface area contributed by atoms with Crippen LogP contribution in [0.3, 0.4) is 0 Å². The molecule has 2 N–H and O–H groups in total. The molecule has 0 atom stereocenters. The smallest absolute Gasteiger partial charge is 0.224 e. The Morgan fingerprint density at radius 2 is 1.89 bits per heavy atom. The largest absolute Gasteiger partial charge is 0.326 e. The second kappa shape index (κ2) is 8.51. The lowest BCUT2D eigenvalue weighted by atomic mass is 10.2. The Hall–Kier alpha value is -3.12. The Morgan fingerprint density at radius 1 is 1.11 bits per heavy atom. The summed E-state index contributed by atoms with van der Waals surface area (Å²) in [7, 11) is 0. The summed E-state index contributed by atoms with van der Waals surface area (Å²) in [5, 5.41) is 10.2. The number of nitrogens with zero attached hydrogens (tertiary/aromatic N) is 2. The lowest BCUT2D eigenvalue weighted by Gasteiger charge is -2.09. The van der Waals surface area contributed by atoms with Crippen molar-refractivity contribution in [2.24, 2.45) is 0 Å².